The molecule has 258 valence electrons. The van der Waals surface area contributed by atoms with Gasteiger partial charge >= 0.3 is 24.0 Å². The first-order valence-electron chi connectivity index (χ1n) is 16.2. The van der Waals surface area contributed by atoms with Crippen molar-refractivity contribution in [1.29, 1.82) is 5.26 Å². The van der Waals surface area contributed by atoms with Gasteiger partial charge in [-0.15, -0.1) is 0 Å². The van der Waals surface area contributed by atoms with Gasteiger partial charge in [-0.3, -0.25) is 14.4 Å². The van der Waals surface area contributed by atoms with Crippen molar-refractivity contribution in [1.82, 2.24) is 14.9 Å². The van der Waals surface area contributed by atoms with Gasteiger partial charge in [-0.1, -0.05) is 26.1 Å². The van der Waals surface area contributed by atoms with Crippen molar-refractivity contribution in [2.75, 3.05) is 6.54 Å². The van der Waals surface area contributed by atoms with Gasteiger partial charge < -0.3 is 28.8 Å². The number of carbonyl (C=O) groups is 4. The van der Waals surface area contributed by atoms with Crippen LogP contribution in [0.1, 0.15) is 70.6 Å². The normalized spacial score (nSPS) is 16.5. The highest BCUT2D eigenvalue weighted by Crippen LogP contribution is 2.41. The number of esters is 3. The van der Waals surface area contributed by atoms with Gasteiger partial charge in [0.15, 0.2) is 0 Å². The monoisotopic (exact) mass is 688 g/mol. The van der Waals surface area contributed by atoms with Crippen molar-refractivity contribution in [2.24, 2.45) is 0 Å². The molecule has 4 heterocycles. The van der Waals surface area contributed by atoms with Crippen LogP contribution in [0.3, 0.4) is 0 Å². The summed E-state index contributed by atoms with van der Waals surface area (Å²) in [6.45, 7) is 11.7. The number of aromatic nitrogens is 2. The summed E-state index contributed by atoms with van der Waals surface area (Å²) in [5, 5.41) is 13.4. The van der Waals surface area contributed by atoms with E-state index >= 15 is 0 Å². The van der Waals surface area contributed by atoms with Crippen LogP contribution in [0, 0.1) is 11.3 Å². The maximum absolute atomic E-state index is 14.2. The van der Waals surface area contributed by atoms with Crippen LogP contribution in [0.4, 0.5) is 4.79 Å². The van der Waals surface area contributed by atoms with Crippen LogP contribution in [0.25, 0.3) is 22.3 Å². The molecule has 3 aromatic rings. The quantitative estimate of drug-likeness (QED) is 0.0872. The first kappa shape index (κ1) is 35.3. The molecule has 0 fully saturated rings. The summed E-state index contributed by atoms with van der Waals surface area (Å²) in [7, 11) is -2.33. The van der Waals surface area contributed by atoms with E-state index in [9.17, 15) is 29.2 Å². The molecular weight excluding hydrogens is 648 g/mol. The van der Waals surface area contributed by atoms with Gasteiger partial charge in [-0.25, -0.2) is 14.6 Å². The minimum atomic E-state index is -2.33. The first-order chi connectivity index (χ1) is 23.0. The van der Waals surface area contributed by atoms with Crippen molar-refractivity contribution in [3.05, 3.63) is 51.3 Å². The van der Waals surface area contributed by atoms with Crippen LogP contribution in [0.2, 0.25) is 19.1 Å². The number of hydrogen-bond donors (Lipinski definition) is 1. The summed E-state index contributed by atoms with van der Waals surface area (Å²) in [6, 6.07) is 9.92. The van der Waals surface area contributed by atoms with Crippen LogP contribution in [0.15, 0.2) is 29.1 Å². The van der Waals surface area contributed by atoms with E-state index in [0.717, 1.165) is 22.2 Å². The van der Waals surface area contributed by atoms with E-state index in [1.54, 1.807) is 56.5 Å². The van der Waals surface area contributed by atoms with Gasteiger partial charge in [0.05, 0.1) is 43.2 Å². The molecule has 13 nitrogen and oxygen atoms in total. The predicted octanol–water partition coefficient (Wildman–Crippen LogP) is 4.30. The zero-order valence-corrected chi connectivity index (χ0v) is 29.8. The Balaban J connectivity index is 1.64. The minimum absolute atomic E-state index is 0.0408. The molecule has 0 saturated heterocycles. The zero-order chi connectivity index (χ0) is 35.9. The number of rotatable bonds is 9. The lowest BCUT2D eigenvalue weighted by atomic mass is 9.85. The van der Waals surface area contributed by atoms with Gasteiger partial charge in [0.25, 0.3) is 5.56 Å². The second-order valence-electron chi connectivity index (χ2n) is 13.9. The topological polar surface area (TPSA) is 176 Å². The lowest BCUT2D eigenvalue weighted by Gasteiger charge is -2.35. The van der Waals surface area contributed by atoms with E-state index in [2.05, 4.69) is 24.5 Å². The van der Waals surface area contributed by atoms with Crippen molar-refractivity contribution in [3.8, 4) is 23.2 Å². The lowest BCUT2D eigenvalue weighted by Crippen LogP contribution is -2.49. The largest absolute Gasteiger partial charge is 0.457 e. The van der Waals surface area contributed by atoms with Crippen LogP contribution >= 0.6 is 0 Å². The number of nitrogens with zero attached hydrogens (tertiary/aromatic N) is 3. The number of benzene rings is 1. The van der Waals surface area contributed by atoms with Gasteiger partial charge in [0.2, 0.25) is 5.60 Å². The molecule has 0 aliphatic carbocycles. The molecule has 0 radical (unpaired) electrons. The van der Waals surface area contributed by atoms with E-state index in [1.165, 1.54) is 6.92 Å². The van der Waals surface area contributed by atoms with Crippen molar-refractivity contribution < 1.29 is 38.1 Å². The second kappa shape index (κ2) is 13.1. The van der Waals surface area contributed by atoms with E-state index in [4.69, 9.17) is 23.9 Å². The number of fused-ring (bicyclic) bond motifs is 5. The fourth-order valence-corrected chi connectivity index (χ4v) is 9.90. The minimum Gasteiger partial charge on any atom is -0.457 e. The van der Waals surface area contributed by atoms with Gasteiger partial charge in [0, 0.05) is 24.3 Å². The van der Waals surface area contributed by atoms with E-state index < -0.39 is 55.4 Å². The fourth-order valence-electron chi connectivity index (χ4n) is 6.64. The number of alkyl carbamates (subject to hydrolysis) is 1. The molecule has 0 saturated carbocycles. The van der Waals surface area contributed by atoms with Crippen molar-refractivity contribution >= 4 is 48.2 Å². The lowest BCUT2D eigenvalue weighted by molar-refractivity contribution is -0.188. The molecule has 0 bridgehead atoms. The number of pyridine rings is 2. The molecule has 0 unspecified atom stereocenters. The number of nitriles is 1. The van der Waals surface area contributed by atoms with Crippen LogP contribution in [-0.4, -0.2) is 53.8 Å². The Bertz CT molecular complexity index is 1990. The van der Waals surface area contributed by atoms with E-state index in [-0.39, 0.29) is 30.7 Å². The first-order valence-corrected chi connectivity index (χ1v) is 19.4. The maximum atomic E-state index is 14.2. The molecule has 1 aromatic carbocycles. The predicted molar refractivity (Wildman–Crippen MR) is 181 cm³/mol. The highest BCUT2D eigenvalue weighted by Gasteiger charge is 2.50. The fraction of sp³-hybridized carbons (Fsp3) is 0.457. The third-order valence-corrected chi connectivity index (χ3v) is 12.2. The molecule has 1 N–H and O–H groups in total. The number of carbonyl (C=O) groups excluding carboxylic acids is 4. The van der Waals surface area contributed by atoms with Gasteiger partial charge in [0.1, 0.15) is 24.5 Å². The Kier molecular flexibility index (Phi) is 9.44. The summed E-state index contributed by atoms with van der Waals surface area (Å²) in [4.78, 5) is 69.7. The number of cyclic esters (lactones) is 1. The zero-order valence-electron chi connectivity index (χ0n) is 28.8. The Morgan fingerprint density at radius 1 is 1.16 bits per heavy atom. The van der Waals surface area contributed by atoms with Crippen LogP contribution in [-0.2, 0) is 47.3 Å². The molecule has 1 atom stereocenters. The number of ether oxygens (including phenoxy) is 4. The maximum Gasteiger partial charge on any atom is 0.408 e. The molecule has 2 aromatic heterocycles. The third kappa shape index (κ3) is 6.80. The summed E-state index contributed by atoms with van der Waals surface area (Å²) in [6.07, 6.45) is 0.237. The Hall–Kier alpha value is -5.03. The van der Waals surface area contributed by atoms with Gasteiger partial charge in [-0.2, -0.15) is 5.26 Å². The number of unbranched alkanes of at least 4 members (excludes halogenated alkanes) is 1. The third-order valence-electron chi connectivity index (χ3n) is 8.72. The molecule has 2 aliphatic rings. The molecule has 0 spiro atoms. The highest BCUT2D eigenvalue weighted by molar-refractivity contribution is 6.91. The average molecular weight is 689 g/mol. The molecule has 14 heteroatoms. The second-order valence-corrected chi connectivity index (χ2v) is 18.6. The summed E-state index contributed by atoms with van der Waals surface area (Å²) >= 11 is 0. The van der Waals surface area contributed by atoms with Crippen LogP contribution in [0.5, 0.6) is 5.75 Å². The number of nitrogens with one attached hydrogen (secondary N) is 1. The van der Waals surface area contributed by atoms with Crippen molar-refractivity contribution in [2.45, 2.75) is 97.4 Å². The SMILES string of the molecule is CC[C@@]1(OC(=O)CNC(=O)OC(C)(C)C)C(=O)OCc2c1cc1n(c2=O)Cc2c-1nc1ccc(OC(C)=O)cc1c2[Si](C)(C)CCCC#N. The molecular formula is C35H40N4O9Si. The summed E-state index contributed by atoms with van der Waals surface area (Å²) in [5.74, 6) is -1.83. The molecule has 1 amide bonds. The van der Waals surface area contributed by atoms with Gasteiger partial charge in [-0.05, 0) is 68.6 Å². The Labute approximate surface area is 284 Å². The number of amides is 1. The number of hydrogen-bond acceptors (Lipinski definition) is 11. The highest BCUT2D eigenvalue weighted by atomic mass is 28.3. The Morgan fingerprint density at radius 3 is 2.55 bits per heavy atom. The summed E-state index contributed by atoms with van der Waals surface area (Å²) < 4.78 is 23.4. The molecule has 2 aliphatic heterocycles. The smallest absolute Gasteiger partial charge is 0.408 e. The average Bonchev–Trinajstić information content (AvgIpc) is 3.37. The standard InChI is InChI=1S/C35H40N4O9Si/c1-8-35(47-28(41)17-37-33(44)48-34(3,4)5)25-16-27-29-23(18-39(27)31(42)24(25)19-45-32(35)43)30(49(6,7)14-10-9-13-36)22-15-21(46-20(2)40)11-12-26(22)38-29/h11-12,15-16H,8-10,14,17-19H2,1-7H3,(H,37,44)/t35-/m0/s1. The molecule has 49 heavy (non-hydrogen) atoms. The van der Waals surface area contributed by atoms with E-state index in [0.29, 0.717) is 35.5 Å². The summed E-state index contributed by atoms with van der Waals surface area (Å²) in [5.41, 5.74) is -0.256. The van der Waals surface area contributed by atoms with Crippen LogP contribution < -0.4 is 20.8 Å². The molecule has 5 rings (SSSR count). The van der Waals surface area contributed by atoms with Crippen molar-refractivity contribution in [3.63, 3.8) is 0 Å². The Morgan fingerprint density at radius 2 is 1.90 bits per heavy atom. The van der Waals surface area contributed by atoms with E-state index in [1.807, 2.05) is 0 Å².